The summed E-state index contributed by atoms with van der Waals surface area (Å²) in [6, 6.07) is 0. The van der Waals surface area contributed by atoms with Gasteiger partial charge in [0.05, 0.1) is 11.5 Å². The van der Waals surface area contributed by atoms with Crippen LogP contribution in [0.1, 0.15) is 20.3 Å². The molecular formula is C9H14O2S. The molecule has 1 fully saturated rings. The highest BCUT2D eigenvalue weighted by Gasteiger charge is 2.35. The molecule has 0 radical (unpaired) electrons. The van der Waals surface area contributed by atoms with Crippen molar-refractivity contribution in [3.8, 4) is 12.3 Å². The summed E-state index contributed by atoms with van der Waals surface area (Å²) in [5.41, 5.74) is -0.145. The minimum Gasteiger partial charge on any atom is -0.229 e. The molecular weight excluding hydrogens is 172 g/mol. The third-order valence-electron chi connectivity index (χ3n) is 2.10. The first kappa shape index (κ1) is 9.60. The number of hydrogen-bond acceptors (Lipinski definition) is 2. The molecule has 68 valence electrons. The van der Waals surface area contributed by atoms with Gasteiger partial charge in [0.2, 0.25) is 0 Å². The fourth-order valence-corrected chi connectivity index (χ4v) is 4.11. The first-order valence-electron chi connectivity index (χ1n) is 4.01. The summed E-state index contributed by atoms with van der Waals surface area (Å²) in [4.78, 5) is 0. The molecule has 1 atom stereocenters. The molecule has 2 nitrogen and oxygen atoms in total. The normalized spacial score (nSPS) is 32.2. The Kier molecular flexibility index (Phi) is 2.22. The number of terminal acetylenes is 1. The zero-order chi connectivity index (χ0) is 9.41. The van der Waals surface area contributed by atoms with E-state index in [4.69, 9.17) is 6.42 Å². The molecule has 1 saturated heterocycles. The van der Waals surface area contributed by atoms with Gasteiger partial charge in [-0.15, -0.1) is 12.3 Å². The van der Waals surface area contributed by atoms with Crippen LogP contribution in [0.3, 0.4) is 0 Å². The molecule has 0 aromatic rings. The van der Waals surface area contributed by atoms with E-state index in [9.17, 15) is 8.42 Å². The SMILES string of the molecule is C#CC1CC(C)(C)CS(=O)(=O)C1. The zero-order valence-electron chi connectivity index (χ0n) is 7.50. The second-order valence-electron chi connectivity index (χ2n) is 4.29. The molecule has 0 spiro atoms. The second-order valence-corrected chi connectivity index (χ2v) is 6.40. The van der Waals surface area contributed by atoms with Crippen molar-refractivity contribution >= 4 is 9.84 Å². The Morgan fingerprint density at radius 2 is 2.08 bits per heavy atom. The van der Waals surface area contributed by atoms with Gasteiger partial charge in [-0.3, -0.25) is 0 Å². The lowest BCUT2D eigenvalue weighted by atomic mass is 9.85. The van der Waals surface area contributed by atoms with Gasteiger partial charge >= 0.3 is 0 Å². The van der Waals surface area contributed by atoms with Crippen LogP contribution in [-0.4, -0.2) is 19.9 Å². The molecule has 1 unspecified atom stereocenters. The summed E-state index contributed by atoms with van der Waals surface area (Å²) in [6.07, 6.45) is 6.05. The van der Waals surface area contributed by atoms with E-state index in [0.717, 1.165) is 6.42 Å². The molecule has 0 aromatic carbocycles. The van der Waals surface area contributed by atoms with Crippen molar-refractivity contribution in [3.63, 3.8) is 0 Å². The van der Waals surface area contributed by atoms with E-state index in [-0.39, 0.29) is 22.8 Å². The van der Waals surface area contributed by atoms with Gasteiger partial charge in [0.25, 0.3) is 0 Å². The van der Waals surface area contributed by atoms with Crippen molar-refractivity contribution < 1.29 is 8.42 Å². The second kappa shape index (κ2) is 2.77. The highest BCUT2D eigenvalue weighted by molar-refractivity contribution is 7.91. The molecule has 0 aromatic heterocycles. The number of hydrogen-bond donors (Lipinski definition) is 0. The van der Waals surface area contributed by atoms with Crippen LogP contribution in [0.4, 0.5) is 0 Å². The Bertz CT molecular complexity index is 306. The highest BCUT2D eigenvalue weighted by Crippen LogP contribution is 2.33. The van der Waals surface area contributed by atoms with Gasteiger partial charge in [-0.05, 0) is 11.8 Å². The molecule has 3 heteroatoms. The quantitative estimate of drug-likeness (QED) is 0.530. The molecule has 0 N–H and O–H groups in total. The van der Waals surface area contributed by atoms with E-state index in [0.29, 0.717) is 0 Å². The van der Waals surface area contributed by atoms with Crippen LogP contribution in [0, 0.1) is 23.7 Å². The van der Waals surface area contributed by atoms with Crippen LogP contribution < -0.4 is 0 Å². The fourth-order valence-electron chi connectivity index (χ4n) is 1.85. The molecule has 0 saturated carbocycles. The van der Waals surface area contributed by atoms with E-state index in [1.54, 1.807) is 0 Å². The van der Waals surface area contributed by atoms with Crippen LogP contribution in [0.5, 0.6) is 0 Å². The van der Waals surface area contributed by atoms with Crippen LogP contribution >= 0.6 is 0 Å². The first-order valence-corrected chi connectivity index (χ1v) is 5.83. The Labute approximate surface area is 74.3 Å². The molecule has 0 aliphatic carbocycles. The number of sulfone groups is 1. The van der Waals surface area contributed by atoms with Crippen LogP contribution in [0.15, 0.2) is 0 Å². The number of rotatable bonds is 0. The Balaban J connectivity index is 2.89. The summed E-state index contributed by atoms with van der Waals surface area (Å²) in [5.74, 6) is 2.90. The highest BCUT2D eigenvalue weighted by atomic mass is 32.2. The van der Waals surface area contributed by atoms with Crippen molar-refractivity contribution in [2.24, 2.45) is 11.3 Å². The van der Waals surface area contributed by atoms with Crippen LogP contribution in [-0.2, 0) is 9.84 Å². The molecule has 1 heterocycles. The topological polar surface area (TPSA) is 34.1 Å². The summed E-state index contributed by atoms with van der Waals surface area (Å²) in [7, 11) is -2.89. The maximum atomic E-state index is 11.3. The van der Waals surface area contributed by atoms with Gasteiger partial charge in [-0.1, -0.05) is 13.8 Å². The Morgan fingerprint density at radius 1 is 1.50 bits per heavy atom. The van der Waals surface area contributed by atoms with Crippen LogP contribution in [0.25, 0.3) is 0 Å². The van der Waals surface area contributed by atoms with Gasteiger partial charge in [0.1, 0.15) is 0 Å². The minimum atomic E-state index is -2.89. The van der Waals surface area contributed by atoms with E-state index in [1.807, 2.05) is 13.8 Å². The first-order chi connectivity index (χ1) is 5.35. The molecule has 0 bridgehead atoms. The van der Waals surface area contributed by atoms with Gasteiger partial charge in [0.15, 0.2) is 9.84 Å². The van der Waals surface area contributed by atoms with Crippen molar-refractivity contribution in [1.29, 1.82) is 0 Å². The zero-order valence-corrected chi connectivity index (χ0v) is 8.32. The summed E-state index contributed by atoms with van der Waals surface area (Å²) in [5, 5.41) is 0. The predicted octanol–water partition coefficient (Wildman–Crippen LogP) is 1.08. The molecule has 12 heavy (non-hydrogen) atoms. The van der Waals surface area contributed by atoms with E-state index in [1.165, 1.54) is 0 Å². The summed E-state index contributed by atoms with van der Waals surface area (Å²) < 4.78 is 22.7. The van der Waals surface area contributed by atoms with Crippen molar-refractivity contribution in [2.75, 3.05) is 11.5 Å². The largest absolute Gasteiger partial charge is 0.229 e. The molecule has 1 rings (SSSR count). The average molecular weight is 186 g/mol. The van der Waals surface area contributed by atoms with Crippen LogP contribution in [0.2, 0.25) is 0 Å². The summed E-state index contributed by atoms with van der Waals surface area (Å²) in [6.45, 7) is 3.90. The van der Waals surface area contributed by atoms with Gasteiger partial charge in [0, 0.05) is 5.92 Å². The van der Waals surface area contributed by atoms with E-state index >= 15 is 0 Å². The van der Waals surface area contributed by atoms with Gasteiger partial charge in [-0.2, -0.15) is 0 Å². The summed E-state index contributed by atoms with van der Waals surface area (Å²) >= 11 is 0. The lowest BCUT2D eigenvalue weighted by molar-refractivity contribution is 0.326. The monoisotopic (exact) mass is 186 g/mol. The third kappa shape index (κ3) is 2.25. The third-order valence-corrected chi connectivity index (χ3v) is 4.23. The maximum Gasteiger partial charge on any atom is 0.152 e. The van der Waals surface area contributed by atoms with E-state index < -0.39 is 9.84 Å². The van der Waals surface area contributed by atoms with E-state index in [2.05, 4.69) is 5.92 Å². The smallest absolute Gasteiger partial charge is 0.152 e. The predicted molar refractivity (Wildman–Crippen MR) is 49.4 cm³/mol. The maximum absolute atomic E-state index is 11.3. The fraction of sp³-hybridized carbons (Fsp3) is 0.778. The van der Waals surface area contributed by atoms with Crippen molar-refractivity contribution in [1.82, 2.24) is 0 Å². The van der Waals surface area contributed by atoms with Crippen molar-refractivity contribution in [3.05, 3.63) is 0 Å². The molecule has 1 aliphatic rings. The Hall–Kier alpha value is -0.490. The average Bonchev–Trinajstić information content (AvgIpc) is 1.80. The molecule has 1 aliphatic heterocycles. The van der Waals surface area contributed by atoms with Gasteiger partial charge < -0.3 is 0 Å². The van der Waals surface area contributed by atoms with Crippen molar-refractivity contribution in [2.45, 2.75) is 20.3 Å². The molecule has 0 amide bonds. The van der Waals surface area contributed by atoms with Gasteiger partial charge in [-0.25, -0.2) is 8.42 Å². The lowest BCUT2D eigenvalue weighted by Gasteiger charge is -2.32. The Morgan fingerprint density at radius 3 is 2.50 bits per heavy atom. The lowest BCUT2D eigenvalue weighted by Crippen LogP contribution is -2.36. The standard InChI is InChI=1S/C9H14O2S/c1-4-8-5-9(2,3)7-12(10,11)6-8/h1,8H,5-7H2,2-3H3. The minimum absolute atomic E-state index is 0.0845.